The molecule has 2 heterocycles. The van der Waals surface area contributed by atoms with Gasteiger partial charge in [-0.3, -0.25) is 14.8 Å². The molecule has 1 amide bonds. The van der Waals surface area contributed by atoms with E-state index in [4.69, 9.17) is 4.74 Å². The summed E-state index contributed by atoms with van der Waals surface area (Å²) in [5.41, 5.74) is 6.23. The van der Waals surface area contributed by atoms with E-state index in [0.29, 0.717) is 34.8 Å². The second-order valence-corrected chi connectivity index (χ2v) is 8.91. The predicted octanol–water partition coefficient (Wildman–Crippen LogP) is 6.07. The molecule has 6 heteroatoms. The summed E-state index contributed by atoms with van der Waals surface area (Å²) in [7, 11) is 1.68. The molecule has 4 aromatic rings. The number of hydrogen-bond donors (Lipinski definition) is 1. The molecule has 0 atom stereocenters. The Morgan fingerprint density at radius 1 is 1.06 bits per heavy atom. The maximum absolute atomic E-state index is 14.0. The van der Waals surface area contributed by atoms with Crippen LogP contribution in [0.1, 0.15) is 45.8 Å². The van der Waals surface area contributed by atoms with E-state index in [9.17, 15) is 9.18 Å². The van der Waals surface area contributed by atoms with Crippen LogP contribution in [0.3, 0.4) is 0 Å². The van der Waals surface area contributed by atoms with Crippen molar-refractivity contribution < 1.29 is 13.9 Å². The third-order valence-electron chi connectivity index (χ3n) is 6.22. The van der Waals surface area contributed by atoms with Crippen LogP contribution in [-0.4, -0.2) is 23.0 Å². The lowest BCUT2D eigenvalue weighted by Gasteiger charge is -2.14. The fourth-order valence-electron chi connectivity index (χ4n) is 4.27. The summed E-state index contributed by atoms with van der Waals surface area (Å²) in [4.78, 5) is 22.2. The first kappa shape index (κ1) is 22.7. The zero-order chi connectivity index (χ0) is 24.4. The number of halogens is 1. The van der Waals surface area contributed by atoms with Crippen LogP contribution in [0.4, 0.5) is 4.39 Å². The lowest BCUT2D eigenvalue weighted by molar-refractivity contribution is 0.0951. The third kappa shape index (κ3) is 5.06. The number of rotatable bonds is 7. The molecule has 0 aliphatic heterocycles. The smallest absolute Gasteiger partial charge is 0.252 e. The number of pyridine rings is 2. The highest BCUT2D eigenvalue weighted by Crippen LogP contribution is 2.44. The van der Waals surface area contributed by atoms with Gasteiger partial charge in [0.25, 0.3) is 5.91 Å². The molecule has 0 saturated heterocycles. The van der Waals surface area contributed by atoms with Gasteiger partial charge < -0.3 is 10.1 Å². The molecule has 5 nitrogen and oxygen atoms in total. The molecule has 1 aliphatic rings. The van der Waals surface area contributed by atoms with Gasteiger partial charge in [0, 0.05) is 36.3 Å². The van der Waals surface area contributed by atoms with Gasteiger partial charge >= 0.3 is 0 Å². The van der Waals surface area contributed by atoms with Crippen molar-refractivity contribution in [1.29, 1.82) is 0 Å². The van der Waals surface area contributed by atoms with E-state index in [-0.39, 0.29) is 11.7 Å². The van der Waals surface area contributed by atoms with Crippen molar-refractivity contribution in [3.05, 3.63) is 101 Å². The average molecular weight is 468 g/mol. The minimum Gasteiger partial charge on any atom is -0.496 e. The zero-order valence-corrected chi connectivity index (χ0v) is 19.7. The standard InChI is InChI=1S/C29H26FN3O2/c1-18-10-22(16-31-14-18)27-13-25(26(17-32-27)21-4-3-5-23(30)12-21)29(34)33-15-19-6-9-28(35-2)24(11-19)20-7-8-20/h3-6,9-14,16-17,20H,7-8,15H2,1-2H3,(H,33,34). The maximum Gasteiger partial charge on any atom is 0.252 e. The molecule has 1 saturated carbocycles. The Balaban J connectivity index is 1.47. The number of benzene rings is 2. The minimum absolute atomic E-state index is 0.252. The predicted molar refractivity (Wildman–Crippen MR) is 134 cm³/mol. The van der Waals surface area contributed by atoms with Gasteiger partial charge in [-0.25, -0.2) is 4.39 Å². The van der Waals surface area contributed by atoms with Crippen molar-refractivity contribution >= 4 is 5.91 Å². The second kappa shape index (κ2) is 9.66. The molecule has 5 rings (SSSR count). The highest BCUT2D eigenvalue weighted by atomic mass is 19.1. The van der Waals surface area contributed by atoms with Crippen molar-refractivity contribution in [3.63, 3.8) is 0 Å². The Kier molecular flexibility index (Phi) is 6.27. The quantitative estimate of drug-likeness (QED) is 0.358. The van der Waals surface area contributed by atoms with E-state index in [1.807, 2.05) is 25.1 Å². The number of amides is 1. The van der Waals surface area contributed by atoms with Gasteiger partial charge in [-0.2, -0.15) is 0 Å². The largest absolute Gasteiger partial charge is 0.496 e. The monoisotopic (exact) mass is 467 g/mol. The van der Waals surface area contributed by atoms with Crippen LogP contribution in [0.2, 0.25) is 0 Å². The second-order valence-electron chi connectivity index (χ2n) is 8.91. The maximum atomic E-state index is 14.0. The number of nitrogens with one attached hydrogen (secondary N) is 1. The molecule has 0 radical (unpaired) electrons. The molecule has 0 bridgehead atoms. The summed E-state index contributed by atoms with van der Waals surface area (Å²) < 4.78 is 19.5. The first-order chi connectivity index (χ1) is 17.0. The number of methoxy groups -OCH3 is 1. The van der Waals surface area contributed by atoms with E-state index < -0.39 is 0 Å². The van der Waals surface area contributed by atoms with E-state index in [0.717, 1.165) is 35.3 Å². The molecule has 1 fully saturated rings. The molecule has 0 spiro atoms. The summed E-state index contributed by atoms with van der Waals surface area (Å²) >= 11 is 0. The Hall–Kier alpha value is -4.06. The number of carbonyl (C=O) groups excluding carboxylic acids is 1. The number of carbonyl (C=O) groups is 1. The lowest BCUT2D eigenvalue weighted by Crippen LogP contribution is -2.23. The molecule has 176 valence electrons. The molecule has 1 aliphatic carbocycles. The first-order valence-corrected chi connectivity index (χ1v) is 11.6. The summed E-state index contributed by atoms with van der Waals surface area (Å²) in [6.07, 6.45) is 7.44. The number of aromatic nitrogens is 2. The van der Waals surface area contributed by atoms with Crippen LogP contribution >= 0.6 is 0 Å². The highest BCUT2D eigenvalue weighted by molar-refractivity contribution is 6.01. The van der Waals surface area contributed by atoms with Crippen LogP contribution in [0.25, 0.3) is 22.4 Å². The molecule has 0 unspecified atom stereocenters. The van der Waals surface area contributed by atoms with Gasteiger partial charge in [0.2, 0.25) is 0 Å². The SMILES string of the molecule is COc1ccc(CNC(=O)c2cc(-c3cncc(C)c3)ncc2-c2cccc(F)c2)cc1C1CC1. The Labute approximate surface area is 204 Å². The summed E-state index contributed by atoms with van der Waals surface area (Å²) in [6.45, 7) is 2.32. The van der Waals surface area contributed by atoms with E-state index in [1.165, 1.54) is 17.7 Å². The van der Waals surface area contributed by atoms with Crippen molar-refractivity contribution in [1.82, 2.24) is 15.3 Å². The fraction of sp³-hybridized carbons (Fsp3) is 0.207. The fourth-order valence-corrected chi connectivity index (χ4v) is 4.27. The lowest BCUT2D eigenvalue weighted by atomic mass is 9.98. The summed E-state index contributed by atoms with van der Waals surface area (Å²) in [6, 6.07) is 15.9. The number of nitrogens with zero attached hydrogens (tertiary/aromatic N) is 2. The van der Waals surface area contributed by atoms with Crippen LogP contribution in [0.15, 0.2) is 73.2 Å². The van der Waals surface area contributed by atoms with Crippen molar-refractivity contribution in [2.45, 2.75) is 32.2 Å². The average Bonchev–Trinajstić information content (AvgIpc) is 3.72. The van der Waals surface area contributed by atoms with Crippen molar-refractivity contribution in [2.24, 2.45) is 0 Å². The number of aryl methyl sites for hydroxylation is 1. The summed E-state index contributed by atoms with van der Waals surface area (Å²) in [5, 5.41) is 3.04. The summed E-state index contributed by atoms with van der Waals surface area (Å²) in [5.74, 6) is 0.802. The zero-order valence-electron chi connectivity index (χ0n) is 19.7. The Morgan fingerprint density at radius 3 is 2.66 bits per heavy atom. The van der Waals surface area contributed by atoms with E-state index in [1.54, 1.807) is 43.9 Å². The van der Waals surface area contributed by atoms with Gasteiger partial charge in [0.1, 0.15) is 11.6 Å². The molecular weight excluding hydrogens is 441 g/mol. The molecule has 1 N–H and O–H groups in total. The van der Waals surface area contributed by atoms with Gasteiger partial charge in [-0.15, -0.1) is 0 Å². The van der Waals surface area contributed by atoms with Gasteiger partial charge in [0.15, 0.2) is 0 Å². The number of hydrogen-bond acceptors (Lipinski definition) is 4. The Morgan fingerprint density at radius 2 is 1.91 bits per heavy atom. The van der Waals surface area contributed by atoms with Gasteiger partial charge in [-0.05, 0) is 78.3 Å². The van der Waals surface area contributed by atoms with Crippen LogP contribution in [-0.2, 0) is 6.54 Å². The molecule has 2 aromatic heterocycles. The highest BCUT2D eigenvalue weighted by Gasteiger charge is 2.27. The topological polar surface area (TPSA) is 64.1 Å². The molecular formula is C29H26FN3O2. The number of ether oxygens (including phenoxy) is 1. The van der Waals surface area contributed by atoms with Crippen molar-refractivity contribution in [3.8, 4) is 28.1 Å². The minimum atomic E-state index is -0.369. The van der Waals surface area contributed by atoms with Crippen molar-refractivity contribution in [2.75, 3.05) is 7.11 Å². The van der Waals surface area contributed by atoms with E-state index in [2.05, 4.69) is 21.4 Å². The molecule has 2 aromatic carbocycles. The normalized spacial score (nSPS) is 12.9. The van der Waals surface area contributed by atoms with Crippen LogP contribution in [0, 0.1) is 12.7 Å². The third-order valence-corrected chi connectivity index (χ3v) is 6.22. The molecule has 35 heavy (non-hydrogen) atoms. The first-order valence-electron chi connectivity index (χ1n) is 11.6. The van der Waals surface area contributed by atoms with Gasteiger partial charge in [0.05, 0.1) is 18.4 Å². The van der Waals surface area contributed by atoms with Crippen LogP contribution in [0.5, 0.6) is 5.75 Å². The van der Waals surface area contributed by atoms with E-state index >= 15 is 0 Å². The van der Waals surface area contributed by atoms with Crippen LogP contribution < -0.4 is 10.1 Å². The van der Waals surface area contributed by atoms with Gasteiger partial charge in [-0.1, -0.05) is 24.3 Å². The Bertz CT molecular complexity index is 1400.